The fourth-order valence-electron chi connectivity index (χ4n) is 4.37. The van der Waals surface area contributed by atoms with E-state index in [1.165, 1.54) is 0 Å². The predicted octanol–water partition coefficient (Wildman–Crippen LogP) is 1.70. The van der Waals surface area contributed by atoms with Crippen molar-refractivity contribution < 1.29 is 19.1 Å². The molecule has 9 nitrogen and oxygen atoms in total. The maximum absolute atomic E-state index is 12.3. The zero-order valence-electron chi connectivity index (χ0n) is 19.5. The lowest BCUT2D eigenvalue weighted by molar-refractivity contribution is -0.136. The number of carbonyl (C=O) groups is 3. The lowest BCUT2D eigenvalue weighted by Gasteiger charge is -2.36. The Hall–Kier alpha value is -3.59. The van der Waals surface area contributed by atoms with Gasteiger partial charge in [0.25, 0.3) is 0 Å². The van der Waals surface area contributed by atoms with Gasteiger partial charge in [0.15, 0.2) is 0 Å². The average Bonchev–Trinajstić information content (AvgIpc) is 3.30. The predicted molar refractivity (Wildman–Crippen MR) is 131 cm³/mol. The van der Waals surface area contributed by atoms with Gasteiger partial charge in [0, 0.05) is 63.6 Å². The van der Waals surface area contributed by atoms with E-state index in [2.05, 4.69) is 26.5 Å². The van der Waals surface area contributed by atoms with Gasteiger partial charge in [0.2, 0.25) is 5.91 Å². The molecule has 2 aliphatic rings. The number of nitrogens with zero attached hydrogens (tertiary/aromatic N) is 3. The Kier molecular flexibility index (Phi) is 7.64. The molecule has 2 aliphatic heterocycles. The standard InChI is InChI=1S/C25H31N5O4/c1-34-22-9-3-2-8-21(22)29-16-14-28(15-17-29)13-11-26-24(32)25(33)27-19-6-4-7-20(18-19)30-12-5-10-23(30)31/h2-4,6-9,18H,5,10-17H2,1H3,(H,26,32)(H,27,33). The Bertz CT molecular complexity index is 1040. The van der Waals surface area contributed by atoms with Gasteiger partial charge < -0.3 is 25.2 Å². The van der Waals surface area contributed by atoms with Crippen LogP contribution in [-0.2, 0) is 14.4 Å². The van der Waals surface area contributed by atoms with E-state index in [1.54, 1.807) is 30.2 Å². The molecule has 0 unspecified atom stereocenters. The highest BCUT2D eigenvalue weighted by Gasteiger charge is 2.23. The summed E-state index contributed by atoms with van der Waals surface area (Å²) < 4.78 is 5.46. The number of amides is 3. The van der Waals surface area contributed by atoms with Crippen LogP contribution in [0.5, 0.6) is 5.75 Å². The van der Waals surface area contributed by atoms with E-state index < -0.39 is 11.8 Å². The number of nitrogens with one attached hydrogen (secondary N) is 2. The summed E-state index contributed by atoms with van der Waals surface area (Å²) in [6.07, 6.45) is 1.36. The molecule has 2 heterocycles. The fraction of sp³-hybridized carbons (Fsp3) is 0.400. The van der Waals surface area contributed by atoms with Crippen molar-refractivity contribution in [2.24, 2.45) is 0 Å². The van der Waals surface area contributed by atoms with Gasteiger partial charge in [0.05, 0.1) is 12.8 Å². The van der Waals surface area contributed by atoms with E-state index in [1.807, 2.05) is 24.3 Å². The normalized spacial score (nSPS) is 16.4. The van der Waals surface area contributed by atoms with Crippen molar-refractivity contribution >= 4 is 34.8 Å². The largest absolute Gasteiger partial charge is 0.495 e. The van der Waals surface area contributed by atoms with Crippen molar-refractivity contribution in [2.45, 2.75) is 12.8 Å². The Morgan fingerprint density at radius 1 is 0.971 bits per heavy atom. The van der Waals surface area contributed by atoms with Crippen molar-refractivity contribution in [1.29, 1.82) is 0 Å². The molecule has 2 saturated heterocycles. The van der Waals surface area contributed by atoms with Crippen LogP contribution in [-0.4, -0.2) is 75.5 Å². The molecule has 2 aromatic carbocycles. The van der Waals surface area contributed by atoms with Gasteiger partial charge in [-0.3, -0.25) is 19.3 Å². The number of anilines is 3. The maximum Gasteiger partial charge on any atom is 0.313 e. The van der Waals surface area contributed by atoms with E-state index in [0.717, 1.165) is 49.7 Å². The van der Waals surface area contributed by atoms with Crippen molar-refractivity contribution in [2.75, 3.05) is 68.0 Å². The monoisotopic (exact) mass is 465 g/mol. The summed E-state index contributed by atoms with van der Waals surface area (Å²) >= 11 is 0. The topological polar surface area (TPSA) is 94.2 Å². The number of piperazine rings is 1. The highest BCUT2D eigenvalue weighted by Crippen LogP contribution is 2.28. The van der Waals surface area contributed by atoms with Crippen LogP contribution >= 0.6 is 0 Å². The van der Waals surface area contributed by atoms with E-state index in [0.29, 0.717) is 31.7 Å². The summed E-state index contributed by atoms with van der Waals surface area (Å²) in [6.45, 7) is 5.19. The quantitative estimate of drug-likeness (QED) is 0.605. The number of carbonyl (C=O) groups excluding carboxylic acids is 3. The zero-order chi connectivity index (χ0) is 23.9. The van der Waals surface area contributed by atoms with E-state index >= 15 is 0 Å². The van der Waals surface area contributed by atoms with Crippen LogP contribution in [0.4, 0.5) is 17.1 Å². The summed E-state index contributed by atoms with van der Waals surface area (Å²) in [6, 6.07) is 15.0. The number of hydrogen-bond acceptors (Lipinski definition) is 6. The van der Waals surface area contributed by atoms with E-state index in [9.17, 15) is 14.4 Å². The first-order valence-corrected chi connectivity index (χ1v) is 11.6. The molecule has 2 N–H and O–H groups in total. The molecule has 0 aliphatic carbocycles. The Labute approximate surface area is 199 Å². The fourth-order valence-corrected chi connectivity index (χ4v) is 4.37. The molecule has 34 heavy (non-hydrogen) atoms. The van der Waals surface area contributed by atoms with Crippen molar-refractivity contribution in [1.82, 2.24) is 10.2 Å². The first kappa shape index (κ1) is 23.6. The van der Waals surface area contributed by atoms with Gasteiger partial charge in [-0.2, -0.15) is 0 Å². The van der Waals surface area contributed by atoms with Gasteiger partial charge >= 0.3 is 11.8 Å². The molecule has 2 fully saturated rings. The summed E-state index contributed by atoms with van der Waals surface area (Å²) in [5.74, 6) is -0.446. The molecule has 0 saturated carbocycles. The summed E-state index contributed by atoms with van der Waals surface area (Å²) in [5.41, 5.74) is 2.31. The summed E-state index contributed by atoms with van der Waals surface area (Å²) in [7, 11) is 1.68. The molecule has 3 amide bonds. The summed E-state index contributed by atoms with van der Waals surface area (Å²) in [5, 5.41) is 5.32. The second-order valence-corrected chi connectivity index (χ2v) is 8.41. The number of para-hydroxylation sites is 2. The second-order valence-electron chi connectivity index (χ2n) is 8.41. The maximum atomic E-state index is 12.3. The van der Waals surface area contributed by atoms with Crippen LogP contribution in [0.15, 0.2) is 48.5 Å². The Balaban J connectivity index is 1.20. The molecular formula is C25H31N5O4. The van der Waals surface area contributed by atoms with Gasteiger partial charge in [-0.15, -0.1) is 0 Å². The van der Waals surface area contributed by atoms with Crippen LogP contribution in [0.2, 0.25) is 0 Å². The third kappa shape index (κ3) is 5.66. The lowest BCUT2D eigenvalue weighted by atomic mass is 10.2. The number of hydrogen-bond donors (Lipinski definition) is 2. The van der Waals surface area contributed by atoms with Gasteiger partial charge in [-0.05, 0) is 36.8 Å². The first-order chi connectivity index (χ1) is 16.5. The number of ether oxygens (including phenoxy) is 1. The molecule has 4 rings (SSSR count). The minimum absolute atomic E-state index is 0.0740. The van der Waals surface area contributed by atoms with Crippen LogP contribution in [0.3, 0.4) is 0 Å². The first-order valence-electron chi connectivity index (χ1n) is 11.6. The van der Waals surface area contributed by atoms with Crippen LogP contribution in [0, 0.1) is 0 Å². The molecule has 180 valence electrons. The van der Waals surface area contributed by atoms with Crippen molar-refractivity contribution in [3.63, 3.8) is 0 Å². The van der Waals surface area contributed by atoms with Crippen molar-refractivity contribution in [3.05, 3.63) is 48.5 Å². The third-order valence-corrected chi connectivity index (χ3v) is 6.21. The second kappa shape index (κ2) is 11.0. The van der Waals surface area contributed by atoms with Crippen LogP contribution in [0.25, 0.3) is 0 Å². The van der Waals surface area contributed by atoms with Crippen LogP contribution in [0.1, 0.15) is 12.8 Å². The minimum Gasteiger partial charge on any atom is -0.495 e. The van der Waals surface area contributed by atoms with Gasteiger partial charge in [-0.25, -0.2) is 0 Å². The molecule has 0 radical (unpaired) electrons. The third-order valence-electron chi connectivity index (χ3n) is 6.21. The molecule has 9 heteroatoms. The summed E-state index contributed by atoms with van der Waals surface area (Å²) in [4.78, 5) is 42.8. The zero-order valence-corrected chi connectivity index (χ0v) is 19.5. The van der Waals surface area contributed by atoms with Crippen molar-refractivity contribution in [3.8, 4) is 5.75 Å². The van der Waals surface area contributed by atoms with Gasteiger partial charge in [-0.1, -0.05) is 18.2 Å². The number of methoxy groups -OCH3 is 1. The molecule has 0 bridgehead atoms. The highest BCUT2D eigenvalue weighted by atomic mass is 16.5. The number of rotatable bonds is 7. The van der Waals surface area contributed by atoms with E-state index in [-0.39, 0.29) is 5.91 Å². The molecule has 0 aromatic heterocycles. The number of benzene rings is 2. The highest BCUT2D eigenvalue weighted by molar-refractivity contribution is 6.39. The Morgan fingerprint density at radius 2 is 1.76 bits per heavy atom. The molecular weight excluding hydrogens is 434 g/mol. The Morgan fingerprint density at radius 3 is 2.50 bits per heavy atom. The smallest absolute Gasteiger partial charge is 0.313 e. The molecule has 2 aromatic rings. The average molecular weight is 466 g/mol. The van der Waals surface area contributed by atoms with Gasteiger partial charge in [0.1, 0.15) is 5.75 Å². The minimum atomic E-state index is -0.717. The molecule has 0 spiro atoms. The lowest BCUT2D eigenvalue weighted by Crippen LogP contribution is -2.49. The molecule has 0 atom stereocenters. The van der Waals surface area contributed by atoms with E-state index in [4.69, 9.17) is 4.74 Å². The SMILES string of the molecule is COc1ccccc1N1CCN(CCNC(=O)C(=O)Nc2cccc(N3CCCC3=O)c2)CC1. The van der Waals surface area contributed by atoms with Crippen LogP contribution < -0.4 is 25.2 Å².